The Labute approximate surface area is 244 Å². The van der Waals surface area contributed by atoms with E-state index in [-0.39, 0.29) is 31.7 Å². The normalized spacial score (nSPS) is 17.6. The predicted octanol–water partition coefficient (Wildman–Crippen LogP) is -3.08. The number of carboxylic acids is 1. The van der Waals surface area contributed by atoms with Gasteiger partial charge in [-0.2, -0.15) is 0 Å². The number of likely N-dealkylation sites (tertiary alicyclic amines) is 1. The average Bonchev–Trinajstić information content (AvgIpc) is 3.40. The molecule has 0 bridgehead atoms. The van der Waals surface area contributed by atoms with E-state index in [0.717, 1.165) is 0 Å². The largest absolute Gasteiger partial charge is 0.480 e. The van der Waals surface area contributed by atoms with E-state index in [1.54, 1.807) is 27.7 Å². The Balaban J connectivity index is 2.81. The first kappa shape index (κ1) is 36.2. The van der Waals surface area contributed by atoms with Crippen LogP contribution in [0.2, 0.25) is 0 Å². The molecule has 6 amide bonds. The minimum Gasteiger partial charge on any atom is -0.480 e. The number of nitrogens with two attached hydrogens (primary N) is 2. The highest BCUT2D eigenvalue weighted by molar-refractivity contribution is 5.95. The highest BCUT2D eigenvalue weighted by Gasteiger charge is 2.38. The lowest BCUT2D eigenvalue weighted by Crippen LogP contribution is -2.57. The van der Waals surface area contributed by atoms with Crippen molar-refractivity contribution in [3.8, 4) is 0 Å². The maximum Gasteiger partial charge on any atom is 0.328 e. The molecule has 5 atom stereocenters. The molecule has 42 heavy (non-hydrogen) atoms. The summed E-state index contributed by atoms with van der Waals surface area (Å²) in [5, 5.41) is 27.9. The number of rotatable bonds is 17. The Morgan fingerprint density at radius 2 is 1.60 bits per heavy atom. The molecule has 10 N–H and O–H groups in total. The van der Waals surface area contributed by atoms with Gasteiger partial charge in [0.25, 0.3) is 0 Å². The minimum atomic E-state index is -1.55. The maximum absolute atomic E-state index is 13.1. The highest BCUT2D eigenvalue weighted by Crippen LogP contribution is 2.20. The third-order valence-electron chi connectivity index (χ3n) is 6.68. The molecule has 1 heterocycles. The van der Waals surface area contributed by atoms with E-state index in [1.807, 2.05) is 0 Å². The van der Waals surface area contributed by atoms with E-state index in [2.05, 4.69) is 21.3 Å². The number of hydrogen-bond acceptors (Lipinski definition) is 9. The molecule has 1 fully saturated rings. The van der Waals surface area contributed by atoms with E-state index >= 15 is 0 Å². The van der Waals surface area contributed by atoms with Gasteiger partial charge in [-0.1, -0.05) is 27.7 Å². The van der Waals surface area contributed by atoms with Crippen molar-refractivity contribution in [2.45, 2.75) is 90.0 Å². The van der Waals surface area contributed by atoms with Crippen LogP contribution in [-0.2, 0) is 33.6 Å². The van der Waals surface area contributed by atoms with Crippen LogP contribution >= 0.6 is 0 Å². The molecule has 0 saturated carbocycles. The third-order valence-corrected chi connectivity index (χ3v) is 6.68. The summed E-state index contributed by atoms with van der Waals surface area (Å²) < 4.78 is 0. The topological polar surface area (TPSA) is 263 Å². The Hall–Kier alpha value is -3.79. The molecule has 0 spiro atoms. The number of carbonyl (C=O) groups is 7. The summed E-state index contributed by atoms with van der Waals surface area (Å²) in [5.74, 6) is -5.76. The zero-order chi connectivity index (χ0) is 32.1. The first-order chi connectivity index (χ1) is 19.6. The second kappa shape index (κ2) is 17.2. The summed E-state index contributed by atoms with van der Waals surface area (Å²) in [6.07, 6.45) is 1.03. The Kier molecular flexibility index (Phi) is 14.9. The number of aliphatic hydroxyl groups excluding tert-OH is 1. The number of amides is 6. The molecule has 0 aromatic rings. The van der Waals surface area contributed by atoms with Crippen molar-refractivity contribution in [1.82, 2.24) is 26.2 Å². The molecule has 0 aromatic carbocycles. The van der Waals surface area contributed by atoms with Crippen molar-refractivity contribution < 1.29 is 43.8 Å². The van der Waals surface area contributed by atoms with E-state index in [1.165, 1.54) is 4.90 Å². The quantitative estimate of drug-likeness (QED) is 0.0835. The van der Waals surface area contributed by atoms with Crippen molar-refractivity contribution in [2.24, 2.45) is 23.3 Å². The Morgan fingerprint density at radius 3 is 2.12 bits per heavy atom. The standard InChI is InChI=1S/C26H45N7O9/c1-13(2)10-16(22(37)31-17(12-34)26(41)42)30-20(36)11-29-24(39)21(14(3)4)32-23(38)18-6-5-9-33(18)25(40)15(27)7-8-19(28)35/h13-18,21,34H,5-12,27H2,1-4H3,(H2,28,35)(H,29,39)(H,30,36)(H,31,37)(H,32,38)(H,41,42)/t15-,16-,17-,18-,21-/m0/s1. The van der Waals surface area contributed by atoms with Gasteiger partial charge in [0.1, 0.15) is 24.2 Å². The Bertz CT molecular complexity index is 1000. The number of aliphatic hydroxyl groups is 1. The summed E-state index contributed by atoms with van der Waals surface area (Å²) in [4.78, 5) is 87.5. The van der Waals surface area contributed by atoms with Crippen LogP contribution in [0.15, 0.2) is 0 Å². The van der Waals surface area contributed by atoms with Crippen LogP contribution in [0.4, 0.5) is 0 Å². The minimum absolute atomic E-state index is 0.0410. The molecular formula is C26H45N7O9. The fourth-order valence-electron chi connectivity index (χ4n) is 4.41. The van der Waals surface area contributed by atoms with Crippen molar-refractivity contribution in [2.75, 3.05) is 19.7 Å². The van der Waals surface area contributed by atoms with Gasteiger partial charge in [0.15, 0.2) is 0 Å². The van der Waals surface area contributed by atoms with Gasteiger partial charge in [0.05, 0.1) is 19.2 Å². The van der Waals surface area contributed by atoms with E-state index < -0.39 is 90.7 Å². The fraction of sp³-hybridized carbons (Fsp3) is 0.731. The lowest BCUT2D eigenvalue weighted by Gasteiger charge is -2.29. The molecule has 16 heteroatoms. The lowest BCUT2D eigenvalue weighted by molar-refractivity contribution is -0.143. The molecule has 1 rings (SSSR count). The zero-order valence-electron chi connectivity index (χ0n) is 24.6. The van der Waals surface area contributed by atoms with Crippen molar-refractivity contribution >= 4 is 41.4 Å². The predicted molar refractivity (Wildman–Crippen MR) is 149 cm³/mol. The summed E-state index contributed by atoms with van der Waals surface area (Å²) in [6, 6.07) is -5.59. The highest BCUT2D eigenvalue weighted by atomic mass is 16.4. The van der Waals surface area contributed by atoms with Crippen LogP contribution in [0.3, 0.4) is 0 Å². The molecule has 1 saturated heterocycles. The molecular weight excluding hydrogens is 554 g/mol. The average molecular weight is 600 g/mol. The van der Waals surface area contributed by atoms with E-state index in [9.17, 15) is 33.6 Å². The smallest absolute Gasteiger partial charge is 0.328 e. The lowest BCUT2D eigenvalue weighted by atomic mass is 10.0. The van der Waals surface area contributed by atoms with Gasteiger partial charge in [-0.3, -0.25) is 28.8 Å². The first-order valence-corrected chi connectivity index (χ1v) is 13.9. The fourth-order valence-corrected chi connectivity index (χ4v) is 4.41. The number of nitrogens with zero attached hydrogens (tertiary/aromatic N) is 1. The van der Waals surface area contributed by atoms with Gasteiger partial charge < -0.3 is 47.8 Å². The number of carboxylic acid groups (broad SMARTS) is 1. The van der Waals surface area contributed by atoms with Crippen molar-refractivity contribution in [3.63, 3.8) is 0 Å². The van der Waals surface area contributed by atoms with Crippen molar-refractivity contribution in [1.29, 1.82) is 0 Å². The number of carbonyl (C=O) groups excluding carboxylic acids is 6. The zero-order valence-corrected chi connectivity index (χ0v) is 24.6. The molecule has 238 valence electrons. The molecule has 0 aliphatic carbocycles. The van der Waals surface area contributed by atoms with Gasteiger partial charge in [-0.15, -0.1) is 0 Å². The number of hydrogen-bond donors (Lipinski definition) is 8. The maximum atomic E-state index is 13.1. The summed E-state index contributed by atoms with van der Waals surface area (Å²) in [7, 11) is 0. The molecule has 1 aliphatic heterocycles. The third kappa shape index (κ3) is 11.6. The SMILES string of the molecule is CC(C)C[C@H](NC(=O)CNC(=O)[C@@H](NC(=O)[C@@H]1CCCN1C(=O)[C@@H](N)CCC(N)=O)C(C)C)C(=O)N[C@@H](CO)C(=O)O. The van der Waals surface area contributed by atoms with Crippen LogP contribution in [0.1, 0.15) is 59.8 Å². The molecule has 16 nitrogen and oxygen atoms in total. The van der Waals surface area contributed by atoms with Crippen LogP contribution in [0, 0.1) is 11.8 Å². The summed E-state index contributed by atoms with van der Waals surface area (Å²) >= 11 is 0. The second-order valence-corrected chi connectivity index (χ2v) is 11.1. The molecule has 1 aliphatic rings. The van der Waals surface area contributed by atoms with Gasteiger partial charge in [0.2, 0.25) is 35.4 Å². The Morgan fingerprint density at radius 1 is 0.952 bits per heavy atom. The van der Waals surface area contributed by atoms with Gasteiger partial charge >= 0.3 is 5.97 Å². The van der Waals surface area contributed by atoms with Crippen LogP contribution in [0.25, 0.3) is 0 Å². The van der Waals surface area contributed by atoms with Gasteiger partial charge in [-0.25, -0.2) is 4.79 Å². The number of nitrogens with one attached hydrogen (secondary N) is 4. The molecule has 0 radical (unpaired) electrons. The van der Waals surface area contributed by atoms with Crippen molar-refractivity contribution in [3.05, 3.63) is 0 Å². The van der Waals surface area contributed by atoms with Crippen LogP contribution in [-0.4, -0.2) is 106 Å². The summed E-state index contributed by atoms with van der Waals surface area (Å²) in [5.41, 5.74) is 11.0. The monoisotopic (exact) mass is 599 g/mol. The van der Waals surface area contributed by atoms with Gasteiger partial charge in [-0.05, 0) is 37.5 Å². The number of primary amides is 1. The molecule has 0 aromatic heterocycles. The molecule has 0 unspecified atom stereocenters. The number of aliphatic carboxylic acids is 1. The van der Waals surface area contributed by atoms with Gasteiger partial charge in [0, 0.05) is 13.0 Å². The van der Waals surface area contributed by atoms with Crippen LogP contribution < -0.4 is 32.7 Å². The van der Waals surface area contributed by atoms with E-state index in [4.69, 9.17) is 21.7 Å². The second-order valence-electron chi connectivity index (χ2n) is 11.1. The van der Waals surface area contributed by atoms with Crippen LogP contribution in [0.5, 0.6) is 0 Å². The van der Waals surface area contributed by atoms with E-state index in [0.29, 0.717) is 12.8 Å². The first-order valence-electron chi connectivity index (χ1n) is 13.9. The summed E-state index contributed by atoms with van der Waals surface area (Å²) in [6.45, 7) is 5.87.